The van der Waals surface area contributed by atoms with Crippen molar-refractivity contribution in [1.82, 2.24) is 5.43 Å². The summed E-state index contributed by atoms with van der Waals surface area (Å²) in [4.78, 5) is 11.7. The van der Waals surface area contributed by atoms with Gasteiger partial charge in [0.05, 0.1) is 6.21 Å². The molecule has 0 saturated heterocycles. The van der Waals surface area contributed by atoms with Gasteiger partial charge in [-0.1, -0.05) is 30.3 Å². The first-order chi connectivity index (χ1) is 11.2. The second-order valence-corrected chi connectivity index (χ2v) is 5.51. The fourth-order valence-corrected chi connectivity index (χ4v) is 2.32. The maximum atomic E-state index is 11.7. The van der Waals surface area contributed by atoms with Gasteiger partial charge in [-0.05, 0) is 51.0 Å². The van der Waals surface area contributed by atoms with E-state index < -0.39 is 0 Å². The Morgan fingerprint density at radius 3 is 2.78 bits per heavy atom. The maximum absolute atomic E-state index is 11.7. The standard InChI is InChI=1S/C17H13BrN2O3/c18-16-8-7-15(23-16)10-19-20-17(21)11-22-14-6-5-12-3-1-2-4-13(12)9-14/h1-10H,11H2,(H,20,21)/b19-10-. The van der Waals surface area contributed by atoms with Gasteiger partial charge in [-0.3, -0.25) is 4.79 Å². The summed E-state index contributed by atoms with van der Waals surface area (Å²) in [6, 6.07) is 17.1. The van der Waals surface area contributed by atoms with Crippen molar-refractivity contribution in [1.29, 1.82) is 0 Å². The number of hydrogen-bond donors (Lipinski definition) is 1. The van der Waals surface area contributed by atoms with E-state index in [1.54, 1.807) is 12.1 Å². The number of halogens is 1. The lowest BCUT2D eigenvalue weighted by atomic mass is 10.1. The fraction of sp³-hybridized carbons (Fsp3) is 0.0588. The van der Waals surface area contributed by atoms with Crippen LogP contribution in [0.4, 0.5) is 0 Å². The van der Waals surface area contributed by atoms with Crippen molar-refractivity contribution in [3.05, 3.63) is 65.0 Å². The van der Waals surface area contributed by atoms with Crippen molar-refractivity contribution in [3.8, 4) is 5.75 Å². The summed E-state index contributed by atoms with van der Waals surface area (Å²) in [5, 5.41) is 5.98. The molecule has 1 aromatic heterocycles. The molecule has 0 atom stereocenters. The highest BCUT2D eigenvalue weighted by molar-refractivity contribution is 9.10. The Balaban J connectivity index is 1.52. The van der Waals surface area contributed by atoms with E-state index in [-0.39, 0.29) is 12.5 Å². The van der Waals surface area contributed by atoms with Crippen LogP contribution in [0.2, 0.25) is 0 Å². The first-order valence-electron chi connectivity index (χ1n) is 6.89. The third kappa shape index (κ3) is 4.20. The van der Waals surface area contributed by atoms with E-state index in [1.807, 2.05) is 42.5 Å². The highest BCUT2D eigenvalue weighted by Crippen LogP contribution is 2.20. The molecule has 0 fully saturated rings. The van der Waals surface area contributed by atoms with Crippen molar-refractivity contribution >= 4 is 38.8 Å². The summed E-state index contributed by atoms with van der Waals surface area (Å²) in [5.74, 6) is 0.824. The van der Waals surface area contributed by atoms with Gasteiger partial charge in [0.1, 0.15) is 11.5 Å². The minimum atomic E-state index is -0.347. The van der Waals surface area contributed by atoms with Crippen molar-refractivity contribution in [2.24, 2.45) is 5.10 Å². The van der Waals surface area contributed by atoms with Gasteiger partial charge >= 0.3 is 0 Å². The molecule has 0 bridgehead atoms. The van der Waals surface area contributed by atoms with Crippen LogP contribution < -0.4 is 10.2 Å². The summed E-state index contributed by atoms with van der Waals surface area (Å²) in [5.41, 5.74) is 2.38. The molecule has 2 aromatic carbocycles. The Morgan fingerprint density at radius 1 is 1.17 bits per heavy atom. The summed E-state index contributed by atoms with van der Waals surface area (Å²) in [7, 11) is 0. The number of hydrogen-bond acceptors (Lipinski definition) is 4. The predicted octanol–water partition coefficient (Wildman–Crippen LogP) is 3.72. The van der Waals surface area contributed by atoms with Crippen LogP contribution in [0.5, 0.6) is 5.75 Å². The second kappa shape index (κ2) is 7.11. The van der Waals surface area contributed by atoms with Crippen molar-refractivity contribution in [3.63, 3.8) is 0 Å². The van der Waals surface area contributed by atoms with Crippen molar-refractivity contribution < 1.29 is 13.9 Å². The quantitative estimate of drug-likeness (QED) is 0.548. The number of carbonyl (C=O) groups is 1. The molecule has 23 heavy (non-hydrogen) atoms. The number of hydrazone groups is 1. The zero-order valence-corrected chi connectivity index (χ0v) is 13.6. The van der Waals surface area contributed by atoms with Crippen LogP contribution >= 0.6 is 15.9 Å². The van der Waals surface area contributed by atoms with E-state index in [0.29, 0.717) is 16.2 Å². The number of nitrogens with one attached hydrogen (secondary N) is 1. The van der Waals surface area contributed by atoms with E-state index in [0.717, 1.165) is 10.8 Å². The number of fused-ring (bicyclic) bond motifs is 1. The van der Waals surface area contributed by atoms with Crippen LogP contribution in [0.15, 0.2) is 68.8 Å². The third-order valence-corrected chi connectivity index (χ3v) is 3.49. The largest absolute Gasteiger partial charge is 0.484 e. The average molecular weight is 373 g/mol. The third-order valence-electron chi connectivity index (χ3n) is 3.07. The van der Waals surface area contributed by atoms with Gasteiger partial charge in [0, 0.05) is 0 Å². The van der Waals surface area contributed by atoms with Crippen LogP contribution in [0.25, 0.3) is 10.8 Å². The number of benzene rings is 2. The van der Waals surface area contributed by atoms with E-state index in [9.17, 15) is 4.79 Å². The van der Waals surface area contributed by atoms with Crippen molar-refractivity contribution in [2.45, 2.75) is 0 Å². The summed E-state index contributed by atoms with van der Waals surface area (Å²) in [6.07, 6.45) is 1.42. The topological polar surface area (TPSA) is 63.8 Å². The molecular weight excluding hydrogens is 360 g/mol. The number of nitrogens with zero attached hydrogens (tertiary/aromatic N) is 1. The van der Waals surface area contributed by atoms with Gasteiger partial charge in [-0.25, -0.2) is 5.43 Å². The van der Waals surface area contributed by atoms with E-state index in [1.165, 1.54) is 6.21 Å². The van der Waals surface area contributed by atoms with Gasteiger partial charge < -0.3 is 9.15 Å². The zero-order valence-electron chi connectivity index (χ0n) is 12.0. The monoisotopic (exact) mass is 372 g/mol. The summed E-state index contributed by atoms with van der Waals surface area (Å²) in [6.45, 7) is -0.114. The molecule has 0 aliphatic rings. The lowest BCUT2D eigenvalue weighted by molar-refractivity contribution is -0.123. The smallest absolute Gasteiger partial charge is 0.277 e. The molecule has 5 nitrogen and oxygen atoms in total. The lowest BCUT2D eigenvalue weighted by Crippen LogP contribution is -2.24. The van der Waals surface area contributed by atoms with Gasteiger partial charge in [0.2, 0.25) is 0 Å². The highest BCUT2D eigenvalue weighted by atomic mass is 79.9. The maximum Gasteiger partial charge on any atom is 0.277 e. The molecule has 1 heterocycles. The van der Waals surface area contributed by atoms with Crippen LogP contribution in [0.1, 0.15) is 5.76 Å². The first-order valence-corrected chi connectivity index (χ1v) is 7.69. The Kier molecular flexibility index (Phi) is 4.73. The van der Waals surface area contributed by atoms with Crippen molar-refractivity contribution in [2.75, 3.05) is 6.61 Å². The van der Waals surface area contributed by atoms with Crippen LogP contribution in [0, 0.1) is 0 Å². The van der Waals surface area contributed by atoms with E-state index in [2.05, 4.69) is 26.5 Å². The molecule has 3 rings (SSSR count). The van der Waals surface area contributed by atoms with E-state index in [4.69, 9.17) is 9.15 Å². The van der Waals surface area contributed by atoms with Crippen LogP contribution in [0.3, 0.4) is 0 Å². The molecule has 0 saturated carbocycles. The Morgan fingerprint density at radius 2 is 2.00 bits per heavy atom. The van der Waals surface area contributed by atoms with Gasteiger partial charge in [0.15, 0.2) is 11.3 Å². The molecule has 3 aromatic rings. The SMILES string of the molecule is O=C(COc1ccc2ccccc2c1)N/N=C\c1ccc(Br)o1. The molecule has 0 spiro atoms. The molecule has 1 amide bonds. The highest BCUT2D eigenvalue weighted by Gasteiger charge is 2.03. The average Bonchev–Trinajstić information content (AvgIpc) is 2.98. The number of furan rings is 1. The van der Waals surface area contributed by atoms with Gasteiger partial charge in [-0.15, -0.1) is 0 Å². The number of rotatable bonds is 5. The van der Waals surface area contributed by atoms with Crippen LogP contribution in [-0.2, 0) is 4.79 Å². The zero-order chi connectivity index (χ0) is 16.1. The number of ether oxygens (including phenoxy) is 1. The molecule has 0 aliphatic heterocycles. The minimum Gasteiger partial charge on any atom is -0.484 e. The molecule has 1 N–H and O–H groups in total. The molecule has 0 unspecified atom stereocenters. The number of amides is 1. The predicted molar refractivity (Wildman–Crippen MR) is 91.6 cm³/mol. The molecule has 116 valence electrons. The fourth-order valence-electron chi connectivity index (χ4n) is 2.00. The molecule has 0 aliphatic carbocycles. The molecular formula is C17H13BrN2O3. The summed E-state index contributed by atoms with van der Waals surface area (Å²) >= 11 is 3.19. The Labute approximate surface area is 141 Å². The lowest BCUT2D eigenvalue weighted by Gasteiger charge is -2.06. The Hall–Kier alpha value is -2.60. The number of carbonyl (C=O) groups excluding carboxylic acids is 1. The van der Waals surface area contributed by atoms with Gasteiger partial charge in [-0.2, -0.15) is 5.10 Å². The molecule has 0 radical (unpaired) electrons. The summed E-state index contributed by atoms with van der Waals surface area (Å²) < 4.78 is 11.3. The van der Waals surface area contributed by atoms with Crippen LogP contribution in [-0.4, -0.2) is 18.7 Å². The van der Waals surface area contributed by atoms with Gasteiger partial charge in [0.25, 0.3) is 5.91 Å². The minimum absolute atomic E-state index is 0.114. The normalized spacial score (nSPS) is 11.0. The van der Waals surface area contributed by atoms with E-state index >= 15 is 0 Å². The second-order valence-electron chi connectivity index (χ2n) is 4.73. The first kappa shape index (κ1) is 15.3. The molecule has 6 heteroatoms. The Bertz CT molecular complexity index is 858.